The second kappa shape index (κ2) is 7.51. The van der Waals surface area contributed by atoms with E-state index in [4.69, 9.17) is 9.73 Å². The lowest BCUT2D eigenvalue weighted by Crippen LogP contribution is -2.36. The van der Waals surface area contributed by atoms with Crippen LogP contribution in [0.25, 0.3) is 6.08 Å². The number of ether oxygens (including phenoxy) is 1. The van der Waals surface area contributed by atoms with Crippen LogP contribution in [-0.4, -0.2) is 39.8 Å². The molecule has 2 aliphatic heterocycles. The van der Waals surface area contributed by atoms with Crippen molar-refractivity contribution in [2.45, 2.75) is 18.9 Å². The van der Waals surface area contributed by atoms with Crippen LogP contribution in [0, 0.1) is 0 Å². The van der Waals surface area contributed by atoms with Crippen molar-refractivity contribution in [1.82, 2.24) is 9.47 Å². The van der Waals surface area contributed by atoms with Gasteiger partial charge in [-0.15, -0.1) is 0 Å². The minimum atomic E-state index is 0.00374. The molecule has 4 rings (SSSR count). The first-order valence-electron chi connectivity index (χ1n) is 8.78. The number of amides is 1. The number of carbonyl (C=O) groups excluding carboxylic acids is 1. The quantitative estimate of drug-likeness (QED) is 0.772. The summed E-state index contributed by atoms with van der Waals surface area (Å²) < 4.78 is 7.71. The summed E-state index contributed by atoms with van der Waals surface area (Å²) in [5.41, 5.74) is 1.86. The summed E-state index contributed by atoms with van der Waals surface area (Å²) in [6.07, 6.45) is 8.04. The number of amidine groups is 1. The number of benzene rings is 1. The maximum atomic E-state index is 13.0. The SMILES string of the molecule is Cn1ccc(/C=C2/SC(=Nc3ccccc3)N(CC3CCCO3)C2=O)c1. The molecule has 0 bridgehead atoms. The third-order valence-electron chi connectivity index (χ3n) is 4.43. The van der Waals surface area contributed by atoms with Crippen molar-refractivity contribution in [2.75, 3.05) is 13.2 Å². The Balaban J connectivity index is 1.64. The average Bonchev–Trinajstić information content (AvgIpc) is 3.35. The Morgan fingerprint density at radius 3 is 2.85 bits per heavy atom. The first kappa shape index (κ1) is 17.1. The predicted molar refractivity (Wildman–Crippen MR) is 105 cm³/mol. The van der Waals surface area contributed by atoms with Crippen molar-refractivity contribution in [3.63, 3.8) is 0 Å². The summed E-state index contributed by atoms with van der Waals surface area (Å²) in [4.78, 5) is 20.2. The molecule has 5 nitrogen and oxygen atoms in total. The zero-order chi connectivity index (χ0) is 17.9. The highest BCUT2D eigenvalue weighted by atomic mass is 32.2. The van der Waals surface area contributed by atoms with Gasteiger partial charge in [-0.25, -0.2) is 4.99 Å². The average molecular weight is 367 g/mol. The molecule has 2 aromatic rings. The van der Waals surface area contributed by atoms with Gasteiger partial charge in [0.2, 0.25) is 0 Å². The zero-order valence-corrected chi connectivity index (χ0v) is 15.5. The van der Waals surface area contributed by atoms with Crippen LogP contribution in [0.1, 0.15) is 18.4 Å². The van der Waals surface area contributed by atoms with Crippen LogP contribution in [0.2, 0.25) is 0 Å². The van der Waals surface area contributed by atoms with E-state index in [1.54, 1.807) is 4.90 Å². The Kier molecular flexibility index (Phi) is 4.95. The third-order valence-corrected chi connectivity index (χ3v) is 5.44. The fourth-order valence-corrected chi connectivity index (χ4v) is 4.13. The number of aryl methyl sites for hydroxylation is 1. The Morgan fingerprint density at radius 1 is 1.31 bits per heavy atom. The number of aromatic nitrogens is 1. The smallest absolute Gasteiger partial charge is 0.266 e. The minimum absolute atomic E-state index is 0.00374. The summed E-state index contributed by atoms with van der Waals surface area (Å²) in [6.45, 7) is 1.33. The van der Waals surface area contributed by atoms with E-state index in [2.05, 4.69) is 0 Å². The number of hydrogen-bond acceptors (Lipinski definition) is 4. The van der Waals surface area contributed by atoms with Gasteiger partial charge in [-0.1, -0.05) is 18.2 Å². The van der Waals surface area contributed by atoms with E-state index in [0.29, 0.717) is 11.4 Å². The van der Waals surface area contributed by atoms with E-state index in [1.165, 1.54) is 11.8 Å². The van der Waals surface area contributed by atoms with Crippen LogP contribution < -0.4 is 0 Å². The topological polar surface area (TPSA) is 46.8 Å². The van der Waals surface area contributed by atoms with Crippen LogP contribution in [-0.2, 0) is 16.6 Å². The minimum Gasteiger partial charge on any atom is -0.376 e. The fourth-order valence-electron chi connectivity index (χ4n) is 3.12. The molecule has 0 spiro atoms. The molecule has 1 amide bonds. The summed E-state index contributed by atoms with van der Waals surface area (Å²) in [5, 5.41) is 0.721. The van der Waals surface area contributed by atoms with Gasteiger partial charge in [-0.05, 0) is 54.4 Å². The van der Waals surface area contributed by atoms with Crippen molar-refractivity contribution in [2.24, 2.45) is 12.0 Å². The van der Waals surface area contributed by atoms with E-state index in [9.17, 15) is 4.79 Å². The summed E-state index contributed by atoms with van der Waals surface area (Å²) in [7, 11) is 1.97. The molecule has 0 radical (unpaired) electrons. The summed E-state index contributed by atoms with van der Waals surface area (Å²) in [5.74, 6) is 0.00374. The second-order valence-electron chi connectivity index (χ2n) is 6.50. The van der Waals surface area contributed by atoms with Gasteiger partial charge in [-0.3, -0.25) is 9.69 Å². The predicted octanol–water partition coefficient (Wildman–Crippen LogP) is 3.81. The molecule has 134 valence electrons. The van der Waals surface area contributed by atoms with Crippen molar-refractivity contribution in [3.8, 4) is 0 Å². The number of rotatable bonds is 4. The van der Waals surface area contributed by atoms with Gasteiger partial charge in [-0.2, -0.15) is 0 Å². The van der Waals surface area contributed by atoms with Crippen LogP contribution in [0.3, 0.4) is 0 Å². The molecule has 1 aromatic heterocycles. The molecule has 2 aliphatic rings. The number of para-hydroxylation sites is 1. The van der Waals surface area contributed by atoms with Gasteiger partial charge >= 0.3 is 0 Å². The maximum Gasteiger partial charge on any atom is 0.266 e. The number of aliphatic imine (C=N–C) groups is 1. The van der Waals surface area contributed by atoms with Gasteiger partial charge in [0.25, 0.3) is 5.91 Å². The van der Waals surface area contributed by atoms with Gasteiger partial charge in [0.15, 0.2) is 5.17 Å². The zero-order valence-electron chi connectivity index (χ0n) is 14.7. The van der Waals surface area contributed by atoms with Gasteiger partial charge in [0.05, 0.1) is 23.2 Å². The van der Waals surface area contributed by atoms with Gasteiger partial charge in [0, 0.05) is 26.0 Å². The van der Waals surface area contributed by atoms with Crippen LogP contribution in [0.15, 0.2) is 58.7 Å². The molecule has 0 saturated carbocycles. The van der Waals surface area contributed by atoms with E-state index in [1.807, 2.05) is 66.5 Å². The van der Waals surface area contributed by atoms with Crippen molar-refractivity contribution in [3.05, 3.63) is 59.3 Å². The lowest BCUT2D eigenvalue weighted by molar-refractivity contribution is -0.123. The molecule has 1 atom stereocenters. The summed E-state index contributed by atoms with van der Waals surface area (Å²) >= 11 is 1.43. The van der Waals surface area contributed by atoms with Crippen molar-refractivity contribution >= 4 is 34.6 Å². The highest BCUT2D eigenvalue weighted by Crippen LogP contribution is 2.35. The standard InChI is InChI=1S/C20H21N3O2S/c1-22-10-9-15(13-22)12-18-19(24)23(14-17-8-5-11-25-17)20(26-18)21-16-6-3-2-4-7-16/h2-4,6-7,9-10,12-13,17H,5,8,11,14H2,1H3/b18-12+,21-20?. The Morgan fingerprint density at radius 2 is 2.15 bits per heavy atom. The number of carbonyl (C=O) groups is 1. The van der Waals surface area contributed by atoms with Gasteiger partial charge in [0.1, 0.15) is 0 Å². The largest absolute Gasteiger partial charge is 0.376 e. The number of hydrogen-bond donors (Lipinski definition) is 0. The van der Waals surface area contributed by atoms with E-state index < -0.39 is 0 Å². The molecule has 1 unspecified atom stereocenters. The van der Waals surface area contributed by atoms with Crippen molar-refractivity contribution in [1.29, 1.82) is 0 Å². The van der Waals surface area contributed by atoms with Crippen LogP contribution in [0.5, 0.6) is 0 Å². The van der Waals surface area contributed by atoms with Crippen LogP contribution in [0.4, 0.5) is 5.69 Å². The Hall–Kier alpha value is -2.31. The van der Waals surface area contributed by atoms with Crippen molar-refractivity contribution < 1.29 is 9.53 Å². The first-order chi connectivity index (χ1) is 12.7. The molecule has 2 saturated heterocycles. The van der Waals surface area contributed by atoms with Gasteiger partial charge < -0.3 is 9.30 Å². The summed E-state index contributed by atoms with van der Waals surface area (Å²) in [6, 6.07) is 11.7. The lowest BCUT2D eigenvalue weighted by Gasteiger charge is -2.19. The molecule has 26 heavy (non-hydrogen) atoms. The maximum absolute atomic E-state index is 13.0. The highest BCUT2D eigenvalue weighted by Gasteiger charge is 2.35. The molecule has 2 fully saturated rings. The molecule has 3 heterocycles. The molecule has 6 heteroatoms. The van der Waals surface area contributed by atoms with E-state index in [-0.39, 0.29) is 12.0 Å². The third kappa shape index (κ3) is 3.76. The number of thioether (sulfide) groups is 1. The van der Waals surface area contributed by atoms with E-state index >= 15 is 0 Å². The molecular formula is C20H21N3O2S. The van der Waals surface area contributed by atoms with Crippen LogP contribution >= 0.6 is 11.8 Å². The lowest BCUT2D eigenvalue weighted by atomic mass is 10.2. The molecular weight excluding hydrogens is 346 g/mol. The highest BCUT2D eigenvalue weighted by molar-refractivity contribution is 8.18. The van der Waals surface area contributed by atoms with E-state index in [0.717, 1.165) is 35.9 Å². The second-order valence-corrected chi connectivity index (χ2v) is 7.51. The Bertz CT molecular complexity index is 851. The first-order valence-corrected chi connectivity index (χ1v) is 9.59. The molecule has 1 aromatic carbocycles. The normalized spacial score (nSPS) is 23.5. The fraction of sp³-hybridized carbons (Fsp3) is 0.300. The molecule has 0 aliphatic carbocycles. The Labute approximate surface area is 157 Å². The monoisotopic (exact) mass is 367 g/mol. The molecule has 0 N–H and O–H groups in total. The number of nitrogens with zero attached hydrogens (tertiary/aromatic N) is 3.